The highest BCUT2D eigenvalue weighted by Crippen LogP contribution is 2.42. The maximum absolute atomic E-state index is 2.95. The van der Waals surface area contributed by atoms with Gasteiger partial charge in [-0.3, -0.25) is 0 Å². The summed E-state index contributed by atoms with van der Waals surface area (Å²) in [4.78, 5) is 5.74. The van der Waals surface area contributed by atoms with E-state index in [1.807, 2.05) is 0 Å². The lowest BCUT2D eigenvalue weighted by atomic mass is 9.71. The Morgan fingerprint density at radius 1 is 0.515 bits per heavy atom. The van der Waals surface area contributed by atoms with Crippen molar-refractivity contribution < 1.29 is 0 Å². The molecule has 2 heteroatoms. The second kappa shape index (κ2) is 18.2. The highest BCUT2D eigenvalue weighted by Gasteiger charge is 2.38. The minimum absolute atomic E-state index is 0.696. The van der Waals surface area contributed by atoms with Gasteiger partial charge < -0.3 is 9.80 Å². The number of nitrogens with zero attached hydrogens (tertiary/aromatic N) is 2. The van der Waals surface area contributed by atoms with Crippen molar-refractivity contribution in [3.63, 3.8) is 0 Å². The third-order valence-corrected chi connectivity index (χ3v) is 9.15. The van der Waals surface area contributed by atoms with Crippen molar-refractivity contribution in [2.24, 2.45) is 5.41 Å². The third-order valence-electron chi connectivity index (χ3n) is 9.15. The van der Waals surface area contributed by atoms with Crippen molar-refractivity contribution in [1.82, 2.24) is 9.80 Å². The molecule has 196 valence electrons. The molecule has 2 nitrogen and oxygen atoms in total. The van der Waals surface area contributed by atoms with Crippen LogP contribution in [0.3, 0.4) is 0 Å². The van der Waals surface area contributed by atoms with E-state index < -0.39 is 0 Å². The van der Waals surface area contributed by atoms with Crippen molar-refractivity contribution >= 4 is 0 Å². The number of piperidine rings is 2. The first kappa shape index (κ1) is 29.2. The summed E-state index contributed by atoms with van der Waals surface area (Å²) in [6, 6.07) is 0.883. The summed E-state index contributed by atoms with van der Waals surface area (Å²) < 4.78 is 0. The van der Waals surface area contributed by atoms with Crippen LogP contribution in [0.4, 0.5) is 0 Å². The third kappa shape index (κ3) is 11.9. The van der Waals surface area contributed by atoms with Crippen LogP contribution in [-0.2, 0) is 0 Å². The number of rotatable bonds is 19. The number of likely N-dealkylation sites (tertiary alicyclic amines) is 2. The highest BCUT2D eigenvalue weighted by molar-refractivity contribution is 4.92. The second-order valence-corrected chi connectivity index (χ2v) is 11.9. The molecule has 0 saturated carbocycles. The van der Waals surface area contributed by atoms with Crippen LogP contribution in [0.2, 0.25) is 0 Å². The smallest absolute Gasteiger partial charge is 0.00952 e. The van der Waals surface area contributed by atoms with Crippen molar-refractivity contribution in [2.45, 2.75) is 162 Å². The molecule has 2 aliphatic heterocycles. The molecule has 2 aliphatic rings. The Bertz CT molecular complexity index is 416. The molecule has 0 radical (unpaired) electrons. The van der Waals surface area contributed by atoms with Gasteiger partial charge in [0, 0.05) is 6.04 Å². The van der Waals surface area contributed by atoms with E-state index in [9.17, 15) is 0 Å². The van der Waals surface area contributed by atoms with Crippen LogP contribution in [0.15, 0.2) is 0 Å². The molecule has 0 atom stereocenters. The van der Waals surface area contributed by atoms with Gasteiger partial charge in [-0.25, -0.2) is 0 Å². The fourth-order valence-electron chi connectivity index (χ4n) is 6.53. The van der Waals surface area contributed by atoms with E-state index >= 15 is 0 Å². The normalized spacial score (nSPS) is 19.6. The largest absolute Gasteiger partial charge is 0.303 e. The van der Waals surface area contributed by atoms with Crippen LogP contribution in [0, 0.1) is 5.41 Å². The molecule has 33 heavy (non-hydrogen) atoms. The van der Waals surface area contributed by atoms with E-state index in [0.717, 1.165) is 6.04 Å². The van der Waals surface area contributed by atoms with E-state index in [1.54, 1.807) is 0 Å². The van der Waals surface area contributed by atoms with E-state index in [2.05, 4.69) is 30.6 Å². The van der Waals surface area contributed by atoms with Gasteiger partial charge in [0.25, 0.3) is 0 Å². The topological polar surface area (TPSA) is 6.48 Å². The van der Waals surface area contributed by atoms with Crippen LogP contribution in [0.5, 0.6) is 0 Å². The molecule has 0 aromatic carbocycles. The average molecular weight is 463 g/mol. The number of hydrogen-bond acceptors (Lipinski definition) is 2. The van der Waals surface area contributed by atoms with Gasteiger partial charge in [-0.15, -0.1) is 0 Å². The summed E-state index contributed by atoms with van der Waals surface area (Å²) in [5, 5.41) is 0. The summed E-state index contributed by atoms with van der Waals surface area (Å²) in [5.74, 6) is 0. The molecule has 0 aromatic heterocycles. The molecule has 2 heterocycles. The Labute approximate surface area is 209 Å². The van der Waals surface area contributed by atoms with E-state index in [-0.39, 0.29) is 0 Å². The first-order valence-electron chi connectivity index (χ1n) is 15.7. The molecule has 2 fully saturated rings. The van der Waals surface area contributed by atoms with Crippen LogP contribution in [-0.4, -0.2) is 48.6 Å². The molecule has 0 amide bonds. The first-order valence-corrected chi connectivity index (χ1v) is 15.7. The molecular weight excluding hydrogens is 400 g/mol. The minimum atomic E-state index is 0.696. The molecule has 0 aliphatic carbocycles. The van der Waals surface area contributed by atoms with Crippen molar-refractivity contribution in [3.8, 4) is 0 Å². The van der Waals surface area contributed by atoms with E-state index in [0.29, 0.717) is 5.41 Å². The maximum Gasteiger partial charge on any atom is 0.00952 e. The first-order chi connectivity index (χ1) is 16.2. The van der Waals surface area contributed by atoms with Crippen LogP contribution >= 0.6 is 0 Å². The van der Waals surface area contributed by atoms with Crippen LogP contribution in [0.25, 0.3) is 0 Å². The van der Waals surface area contributed by atoms with Gasteiger partial charge in [0.15, 0.2) is 0 Å². The Hall–Kier alpha value is -0.0800. The average Bonchev–Trinajstić information content (AvgIpc) is 2.84. The van der Waals surface area contributed by atoms with Gasteiger partial charge in [0.05, 0.1) is 0 Å². The van der Waals surface area contributed by atoms with Gasteiger partial charge in [-0.05, 0) is 83.1 Å². The number of unbranched alkanes of at least 4 members (excludes halogenated alkanes) is 12. The Balaban J connectivity index is 1.70. The molecular formula is C31H62N2. The van der Waals surface area contributed by atoms with Crippen molar-refractivity contribution in [3.05, 3.63) is 0 Å². The molecule has 0 N–H and O–H groups in total. The van der Waals surface area contributed by atoms with E-state index in [1.165, 1.54) is 168 Å². The fourth-order valence-corrected chi connectivity index (χ4v) is 6.53. The number of hydrogen-bond donors (Lipinski definition) is 0. The summed E-state index contributed by atoms with van der Waals surface area (Å²) in [7, 11) is 0. The standard InChI is InChI=1S/C31H62N2/c1-4-7-10-13-16-19-30(20-17-14-11-8-5-2)33-28-23-31(24-29-33)21-26-32(27-22-31)25-18-15-12-9-6-3/h30H,4-29H2,1-3H3. The predicted molar refractivity (Wildman–Crippen MR) is 148 cm³/mol. The zero-order valence-corrected chi connectivity index (χ0v) is 23.4. The summed E-state index contributed by atoms with van der Waals surface area (Å²) in [6.45, 7) is 13.9. The Morgan fingerprint density at radius 3 is 1.42 bits per heavy atom. The molecule has 0 unspecified atom stereocenters. The lowest BCUT2D eigenvalue weighted by Gasteiger charge is -2.48. The Kier molecular flexibility index (Phi) is 16.1. The molecule has 2 rings (SSSR count). The van der Waals surface area contributed by atoms with Gasteiger partial charge in [0.1, 0.15) is 0 Å². The molecule has 0 aromatic rings. The molecule has 2 saturated heterocycles. The summed E-state index contributed by atoms with van der Waals surface area (Å²) >= 11 is 0. The van der Waals surface area contributed by atoms with Crippen LogP contribution in [0.1, 0.15) is 156 Å². The fraction of sp³-hybridized carbons (Fsp3) is 1.00. The molecule has 1 spiro atoms. The maximum atomic E-state index is 2.95. The lowest BCUT2D eigenvalue weighted by Crippen LogP contribution is -2.49. The predicted octanol–water partition coefficient (Wildman–Crippen LogP) is 9.22. The van der Waals surface area contributed by atoms with Crippen LogP contribution < -0.4 is 0 Å². The molecule has 0 bridgehead atoms. The quantitative estimate of drug-likeness (QED) is 0.176. The van der Waals surface area contributed by atoms with E-state index in [4.69, 9.17) is 0 Å². The zero-order chi connectivity index (χ0) is 23.6. The van der Waals surface area contributed by atoms with Gasteiger partial charge in [0.2, 0.25) is 0 Å². The van der Waals surface area contributed by atoms with Gasteiger partial charge >= 0.3 is 0 Å². The SMILES string of the molecule is CCCCCCCC(CCCCCCC)N1CCC2(CCN(CCCCCCC)CC2)CC1. The van der Waals surface area contributed by atoms with Crippen molar-refractivity contribution in [2.75, 3.05) is 32.7 Å². The zero-order valence-electron chi connectivity index (χ0n) is 23.4. The minimum Gasteiger partial charge on any atom is -0.303 e. The van der Waals surface area contributed by atoms with Gasteiger partial charge in [-0.2, -0.15) is 0 Å². The lowest BCUT2D eigenvalue weighted by molar-refractivity contribution is 0.0158. The second-order valence-electron chi connectivity index (χ2n) is 11.9. The monoisotopic (exact) mass is 462 g/mol. The highest BCUT2D eigenvalue weighted by atomic mass is 15.2. The summed E-state index contributed by atoms with van der Waals surface area (Å²) in [6.07, 6.45) is 30.4. The Morgan fingerprint density at radius 2 is 0.939 bits per heavy atom. The summed E-state index contributed by atoms with van der Waals surface area (Å²) in [5.41, 5.74) is 0.696. The van der Waals surface area contributed by atoms with Gasteiger partial charge in [-0.1, -0.05) is 111 Å². The van der Waals surface area contributed by atoms with Crippen molar-refractivity contribution in [1.29, 1.82) is 0 Å².